The van der Waals surface area contributed by atoms with E-state index in [0.29, 0.717) is 5.02 Å². The number of nitrogens with one attached hydrogen (secondary N) is 1. The number of aryl methyl sites for hydroxylation is 1. The lowest BCUT2D eigenvalue weighted by molar-refractivity contribution is -0.122. The third kappa shape index (κ3) is 6.04. The lowest BCUT2D eigenvalue weighted by atomic mass is 10.1. The van der Waals surface area contributed by atoms with E-state index in [4.69, 9.17) is 11.6 Å². The van der Waals surface area contributed by atoms with Crippen LogP contribution in [-0.2, 0) is 21.4 Å². The summed E-state index contributed by atoms with van der Waals surface area (Å²) in [5.41, 5.74) is 1.74. The number of carbonyl (C=O) groups is 1. The molecule has 0 aliphatic carbocycles. The quantitative estimate of drug-likeness (QED) is 0.705. The van der Waals surface area contributed by atoms with Gasteiger partial charge in [0.15, 0.2) is 0 Å². The van der Waals surface area contributed by atoms with Crippen molar-refractivity contribution < 1.29 is 13.2 Å². The van der Waals surface area contributed by atoms with E-state index < -0.39 is 10.0 Å². The Balaban J connectivity index is 1.78. The van der Waals surface area contributed by atoms with Gasteiger partial charge in [-0.25, -0.2) is 8.42 Å². The zero-order chi connectivity index (χ0) is 21.7. The summed E-state index contributed by atoms with van der Waals surface area (Å²) in [7, 11) is -1.78. The molecule has 1 N–H and O–H groups in total. The van der Waals surface area contributed by atoms with Crippen molar-refractivity contribution >= 4 is 27.5 Å². The van der Waals surface area contributed by atoms with E-state index in [9.17, 15) is 13.2 Å². The maximum absolute atomic E-state index is 13.3. The van der Waals surface area contributed by atoms with Crippen molar-refractivity contribution in [1.29, 1.82) is 0 Å². The molecule has 2 aromatic rings. The SMILES string of the molecule is Cc1ccc(S(=O)(=O)N(CC(=O)NC2CCN(C)CC2)Cc2ccc(Cl)cc2)cc1. The average molecular weight is 450 g/mol. The Hall–Kier alpha value is -1.93. The van der Waals surface area contributed by atoms with E-state index in [1.54, 1.807) is 48.5 Å². The predicted octanol–water partition coefficient (Wildman–Crippen LogP) is 3.05. The van der Waals surface area contributed by atoms with Crippen LogP contribution in [0.3, 0.4) is 0 Å². The summed E-state index contributed by atoms with van der Waals surface area (Å²) in [6.45, 7) is 3.60. The Labute approximate surface area is 183 Å². The first-order valence-corrected chi connectivity index (χ1v) is 11.8. The van der Waals surface area contributed by atoms with Gasteiger partial charge in [-0.1, -0.05) is 41.4 Å². The van der Waals surface area contributed by atoms with Crippen LogP contribution >= 0.6 is 11.6 Å². The van der Waals surface area contributed by atoms with Gasteiger partial charge in [0.2, 0.25) is 15.9 Å². The molecule has 30 heavy (non-hydrogen) atoms. The topological polar surface area (TPSA) is 69.7 Å². The molecule has 0 spiro atoms. The molecule has 2 aromatic carbocycles. The van der Waals surface area contributed by atoms with Crippen LogP contribution in [0.15, 0.2) is 53.4 Å². The van der Waals surface area contributed by atoms with Gasteiger partial charge in [0.05, 0.1) is 11.4 Å². The number of carbonyl (C=O) groups excluding carboxylic acids is 1. The summed E-state index contributed by atoms with van der Waals surface area (Å²) in [5.74, 6) is -0.283. The molecule has 8 heteroatoms. The van der Waals surface area contributed by atoms with Gasteiger partial charge in [-0.15, -0.1) is 0 Å². The fourth-order valence-corrected chi connectivity index (χ4v) is 4.98. The third-order valence-corrected chi connectivity index (χ3v) is 7.39. The van der Waals surface area contributed by atoms with Gasteiger partial charge in [-0.05, 0) is 69.7 Å². The maximum atomic E-state index is 13.3. The van der Waals surface area contributed by atoms with E-state index in [-0.39, 0.29) is 29.9 Å². The number of piperidine rings is 1. The molecule has 1 aliphatic rings. The molecule has 1 saturated heterocycles. The van der Waals surface area contributed by atoms with Crippen LogP contribution in [0.4, 0.5) is 0 Å². The minimum absolute atomic E-state index is 0.0770. The summed E-state index contributed by atoms with van der Waals surface area (Å²) in [4.78, 5) is 15.1. The Morgan fingerprint density at radius 3 is 2.30 bits per heavy atom. The lowest BCUT2D eigenvalue weighted by Crippen LogP contribution is -2.47. The fourth-order valence-electron chi connectivity index (χ4n) is 3.47. The minimum Gasteiger partial charge on any atom is -0.352 e. The van der Waals surface area contributed by atoms with E-state index in [0.717, 1.165) is 37.1 Å². The van der Waals surface area contributed by atoms with Crippen molar-refractivity contribution in [3.63, 3.8) is 0 Å². The largest absolute Gasteiger partial charge is 0.352 e. The maximum Gasteiger partial charge on any atom is 0.243 e. The van der Waals surface area contributed by atoms with Crippen LogP contribution in [0.5, 0.6) is 0 Å². The molecule has 0 aromatic heterocycles. The monoisotopic (exact) mass is 449 g/mol. The molecule has 162 valence electrons. The smallest absolute Gasteiger partial charge is 0.243 e. The first-order valence-electron chi connectivity index (χ1n) is 10.0. The average Bonchev–Trinajstić information content (AvgIpc) is 2.71. The van der Waals surface area contributed by atoms with E-state index in [1.165, 1.54) is 4.31 Å². The molecule has 1 amide bonds. The number of sulfonamides is 1. The van der Waals surface area contributed by atoms with Crippen LogP contribution < -0.4 is 5.32 Å². The molecule has 1 aliphatic heterocycles. The second-order valence-electron chi connectivity index (χ2n) is 7.86. The summed E-state index contributed by atoms with van der Waals surface area (Å²) in [6, 6.07) is 13.7. The van der Waals surface area contributed by atoms with Crippen molar-refractivity contribution in [2.45, 2.75) is 37.2 Å². The second kappa shape index (κ2) is 9.92. The number of amides is 1. The zero-order valence-corrected chi connectivity index (χ0v) is 18.9. The van der Waals surface area contributed by atoms with Crippen LogP contribution in [0, 0.1) is 6.92 Å². The van der Waals surface area contributed by atoms with Crippen molar-refractivity contribution in [3.05, 3.63) is 64.7 Å². The number of likely N-dealkylation sites (tertiary alicyclic amines) is 1. The van der Waals surface area contributed by atoms with Gasteiger partial charge in [0.25, 0.3) is 0 Å². The highest BCUT2D eigenvalue weighted by Gasteiger charge is 2.28. The molecule has 1 heterocycles. The molecule has 0 bridgehead atoms. The van der Waals surface area contributed by atoms with Crippen molar-refractivity contribution in [3.8, 4) is 0 Å². The van der Waals surface area contributed by atoms with E-state index in [2.05, 4.69) is 17.3 Å². The van der Waals surface area contributed by atoms with Crippen molar-refractivity contribution in [2.75, 3.05) is 26.7 Å². The summed E-state index contributed by atoms with van der Waals surface area (Å²) < 4.78 is 27.8. The highest BCUT2D eigenvalue weighted by molar-refractivity contribution is 7.89. The highest BCUT2D eigenvalue weighted by Crippen LogP contribution is 2.20. The fraction of sp³-hybridized carbons (Fsp3) is 0.409. The van der Waals surface area contributed by atoms with Crippen molar-refractivity contribution in [1.82, 2.24) is 14.5 Å². The Morgan fingerprint density at radius 1 is 1.10 bits per heavy atom. The number of hydrogen-bond donors (Lipinski definition) is 1. The van der Waals surface area contributed by atoms with Gasteiger partial charge < -0.3 is 10.2 Å². The molecule has 6 nitrogen and oxygen atoms in total. The summed E-state index contributed by atoms with van der Waals surface area (Å²) in [5, 5.41) is 3.58. The zero-order valence-electron chi connectivity index (χ0n) is 17.3. The standard InChI is InChI=1S/C22H28ClN3O3S/c1-17-3-9-21(10-4-17)30(28,29)26(15-18-5-7-19(23)8-6-18)16-22(27)24-20-11-13-25(2)14-12-20/h3-10,20H,11-16H2,1-2H3,(H,24,27). The molecular formula is C22H28ClN3O3S. The van der Waals surface area contributed by atoms with Gasteiger partial charge >= 0.3 is 0 Å². The van der Waals surface area contributed by atoms with Gasteiger partial charge in [0.1, 0.15) is 0 Å². The minimum atomic E-state index is -3.84. The van der Waals surface area contributed by atoms with E-state index in [1.807, 2.05) is 6.92 Å². The first-order chi connectivity index (χ1) is 14.2. The highest BCUT2D eigenvalue weighted by atomic mass is 35.5. The van der Waals surface area contributed by atoms with Crippen LogP contribution in [0.25, 0.3) is 0 Å². The number of hydrogen-bond acceptors (Lipinski definition) is 4. The molecule has 1 fully saturated rings. The van der Waals surface area contributed by atoms with Gasteiger partial charge in [0, 0.05) is 17.6 Å². The molecule has 0 radical (unpaired) electrons. The molecular weight excluding hydrogens is 422 g/mol. The Morgan fingerprint density at radius 2 is 1.70 bits per heavy atom. The van der Waals surface area contributed by atoms with Crippen LogP contribution in [-0.4, -0.2) is 56.3 Å². The molecule has 3 rings (SSSR count). The van der Waals surface area contributed by atoms with Crippen molar-refractivity contribution in [2.24, 2.45) is 0 Å². The lowest BCUT2D eigenvalue weighted by Gasteiger charge is -2.30. The van der Waals surface area contributed by atoms with Gasteiger partial charge in [-0.3, -0.25) is 4.79 Å². The van der Waals surface area contributed by atoms with Gasteiger partial charge in [-0.2, -0.15) is 4.31 Å². The summed E-state index contributed by atoms with van der Waals surface area (Å²) in [6.07, 6.45) is 1.73. The van der Waals surface area contributed by atoms with Crippen LogP contribution in [0.2, 0.25) is 5.02 Å². The second-order valence-corrected chi connectivity index (χ2v) is 10.2. The Kier molecular flexibility index (Phi) is 7.52. The predicted molar refractivity (Wildman–Crippen MR) is 119 cm³/mol. The number of rotatable bonds is 7. The van der Waals surface area contributed by atoms with E-state index >= 15 is 0 Å². The molecule has 0 atom stereocenters. The molecule has 0 unspecified atom stereocenters. The number of nitrogens with zero attached hydrogens (tertiary/aromatic N) is 2. The summed E-state index contributed by atoms with van der Waals surface area (Å²) >= 11 is 5.95. The normalized spacial score (nSPS) is 16.0. The first kappa shape index (κ1) is 22.7. The molecule has 0 saturated carbocycles. The Bertz CT molecular complexity index is 954. The third-order valence-electron chi connectivity index (χ3n) is 5.33. The number of benzene rings is 2. The van der Waals surface area contributed by atoms with Crippen LogP contribution in [0.1, 0.15) is 24.0 Å². The number of halogens is 1.